The maximum Gasteiger partial charge on any atom is 0.271 e. The molecule has 1 saturated carbocycles. The fraction of sp³-hybridized carbons (Fsp3) is 0.476. The van der Waals surface area contributed by atoms with Crippen LogP contribution in [0.4, 0.5) is 0 Å². The van der Waals surface area contributed by atoms with Crippen LogP contribution in [-0.2, 0) is 11.4 Å². The fourth-order valence-electron chi connectivity index (χ4n) is 3.62. The monoisotopic (exact) mass is 401 g/mol. The molecule has 2 N–H and O–H groups in total. The van der Waals surface area contributed by atoms with Gasteiger partial charge in [0.25, 0.3) is 5.91 Å². The molecule has 1 heterocycles. The van der Waals surface area contributed by atoms with Gasteiger partial charge in [0.05, 0.1) is 0 Å². The molecule has 0 radical (unpaired) electrons. The van der Waals surface area contributed by atoms with E-state index >= 15 is 0 Å². The van der Waals surface area contributed by atoms with Crippen molar-refractivity contribution in [2.75, 3.05) is 0 Å². The van der Waals surface area contributed by atoms with E-state index in [1.807, 2.05) is 26.0 Å². The average Bonchev–Trinajstić information content (AvgIpc) is 3.10. The number of carbonyl (C=O) groups is 2. The Morgan fingerprint density at radius 2 is 1.75 bits per heavy atom. The Kier molecular flexibility index (Phi) is 6.67. The van der Waals surface area contributed by atoms with E-state index in [1.165, 1.54) is 18.3 Å². The lowest BCUT2D eigenvalue weighted by molar-refractivity contribution is -0.120. The number of nitrogens with zero attached hydrogens (tertiary/aromatic N) is 1. The molecule has 7 heteroatoms. The second-order valence-electron chi connectivity index (χ2n) is 7.41. The number of carbonyl (C=O) groups excluding carboxylic acids is 2. The summed E-state index contributed by atoms with van der Waals surface area (Å²) in [4.78, 5) is 28.4. The van der Waals surface area contributed by atoms with Gasteiger partial charge in [-0.3, -0.25) is 9.59 Å². The molecule has 2 unspecified atom stereocenters. The zero-order valence-electron chi connectivity index (χ0n) is 16.6. The lowest BCUT2D eigenvalue weighted by Gasteiger charge is -2.32. The van der Waals surface area contributed by atoms with Gasteiger partial charge >= 0.3 is 0 Å². The predicted octanol–water partition coefficient (Wildman–Crippen LogP) is 3.52. The fourth-order valence-corrected chi connectivity index (χ4v) is 4.31. The second kappa shape index (κ2) is 9.19. The van der Waals surface area contributed by atoms with Crippen LogP contribution < -0.4 is 15.4 Å². The van der Waals surface area contributed by atoms with Crippen LogP contribution in [0.15, 0.2) is 23.6 Å². The van der Waals surface area contributed by atoms with Crippen molar-refractivity contribution in [1.82, 2.24) is 15.6 Å². The Balaban J connectivity index is 1.58. The number of rotatable bonds is 6. The largest absolute Gasteiger partial charge is 0.486 e. The van der Waals surface area contributed by atoms with Gasteiger partial charge in [-0.15, -0.1) is 11.3 Å². The normalized spacial score (nSPS) is 19.1. The Morgan fingerprint density at radius 3 is 2.39 bits per heavy atom. The van der Waals surface area contributed by atoms with Crippen LogP contribution >= 0.6 is 11.3 Å². The number of hydrogen-bond donors (Lipinski definition) is 2. The number of amides is 2. The molecule has 28 heavy (non-hydrogen) atoms. The highest BCUT2D eigenvalue weighted by Crippen LogP contribution is 2.21. The van der Waals surface area contributed by atoms with Crippen LogP contribution in [0, 0.1) is 13.8 Å². The van der Waals surface area contributed by atoms with Crippen LogP contribution in [0.3, 0.4) is 0 Å². The zero-order valence-corrected chi connectivity index (χ0v) is 17.4. The SMILES string of the molecule is CC(=O)NC1CCCCC1NC(=O)c1csc(COc2cc(C)cc(C)c2)n1. The molecule has 0 aliphatic heterocycles. The summed E-state index contributed by atoms with van der Waals surface area (Å²) in [7, 11) is 0. The first-order valence-electron chi connectivity index (χ1n) is 9.64. The van der Waals surface area contributed by atoms with Gasteiger partial charge < -0.3 is 15.4 Å². The van der Waals surface area contributed by atoms with Crippen LogP contribution in [0.1, 0.15) is 59.2 Å². The molecule has 1 aliphatic rings. The van der Waals surface area contributed by atoms with Gasteiger partial charge in [-0.05, 0) is 49.9 Å². The molecule has 2 aromatic rings. The van der Waals surface area contributed by atoms with Crippen LogP contribution in [0.5, 0.6) is 5.75 Å². The highest BCUT2D eigenvalue weighted by Gasteiger charge is 2.28. The van der Waals surface area contributed by atoms with Crippen molar-refractivity contribution in [1.29, 1.82) is 0 Å². The Hall–Kier alpha value is -2.41. The third kappa shape index (κ3) is 5.55. The van der Waals surface area contributed by atoms with Crippen molar-refractivity contribution in [2.45, 2.75) is 65.1 Å². The minimum absolute atomic E-state index is 0.0128. The summed E-state index contributed by atoms with van der Waals surface area (Å²) in [6, 6.07) is 6.00. The van der Waals surface area contributed by atoms with Crippen molar-refractivity contribution in [3.63, 3.8) is 0 Å². The van der Waals surface area contributed by atoms with Crippen molar-refractivity contribution in [3.05, 3.63) is 45.4 Å². The maximum atomic E-state index is 12.6. The van der Waals surface area contributed by atoms with Gasteiger partial charge in [0, 0.05) is 24.4 Å². The first-order valence-corrected chi connectivity index (χ1v) is 10.5. The van der Waals surface area contributed by atoms with Crippen molar-refractivity contribution >= 4 is 23.2 Å². The standard InChI is InChI=1S/C21H27N3O3S/c1-13-8-14(2)10-16(9-13)27-11-20-23-19(12-28-20)21(26)24-18-7-5-4-6-17(18)22-15(3)25/h8-10,12,17-18H,4-7,11H2,1-3H3,(H,22,25)(H,24,26). The molecule has 1 aliphatic carbocycles. The molecular weight excluding hydrogens is 374 g/mol. The predicted molar refractivity (Wildman–Crippen MR) is 110 cm³/mol. The smallest absolute Gasteiger partial charge is 0.271 e. The highest BCUT2D eigenvalue weighted by atomic mass is 32.1. The van der Waals surface area contributed by atoms with Crippen LogP contribution in [0.25, 0.3) is 0 Å². The van der Waals surface area contributed by atoms with E-state index < -0.39 is 0 Å². The van der Waals surface area contributed by atoms with Crippen LogP contribution in [0.2, 0.25) is 0 Å². The third-order valence-corrected chi connectivity index (χ3v) is 5.64. The van der Waals surface area contributed by atoms with Gasteiger partial charge in [-0.25, -0.2) is 4.98 Å². The lowest BCUT2D eigenvalue weighted by atomic mass is 9.90. The topological polar surface area (TPSA) is 80.3 Å². The third-order valence-electron chi connectivity index (χ3n) is 4.81. The first kappa shape index (κ1) is 20.3. The maximum absolute atomic E-state index is 12.6. The van der Waals surface area contributed by atoms with Crippen molar-refractivity contribution < 1.29 is 14.3 Å². The van der Waals surface area contributed by atoms with Gasteiger partial charge in [0.1, 0.15) is 23.1 Å². The highest BCUT2D eigenvalue weighted by molar-refractivity contribution is 7.09. The lowest BCUT2D eigenvalue weighted by Crippen LogP contribution is -2.52. The van der Waals surface area contributed by atoms with Crippen molar-refractivity contribution in [3.8, 4) is 5.75 Å². The summed E-state index contributed by atoms with van der Waals surface area (Å²) in [5.41, 5.74) is 2.70. The summed E-state index contributed by atoms with van der Waals surface area (Å²) in [6.07, 6.45) is 3.86. The van der Waals surface area contributed by atoms with Gasteiger partial charge in [0.15, 0.2) is 0 Å². The molecule has 1 fully saturated rings. The number of aryl methyl sites for hydroxylation is 2. The van der Waals surface area contributed by atoms with E-state index in [1.54, 1.807) is 5.38 Å². The summed E-state index contributed by atoms with van der Waals surface area (Å²) in [5.74, 6) is 0.542. The summed E-state index contributed by atoms with van der Waals surface area (Å²) in [5, 5.41) is 8.50. The second-order valence-corrected chi connectivity index (χ2v) is 8.35. The summed E-state index contributed by atoms with van der Waals surface area (Å²) >= 11 is 1.41. The van der Waals surface area contributed by atoms with Crippen LogP contribution in [-0.4, -0.2) is 28.9 Å². The first-order chi connectivity index (χ1) is 13.4. The number of thiazole rings is 1. The number of benzene rings is 1. The van der Waals surface area contributed by atoms with Crippen molar-refractivity contribution in [2.24, 2.45) is 0 Å². The molecule has 1 aromatic carbocycles. The number of hydrogen-bond acceptors (Lipinski definition) is 5. The van der Waals surface area contributed by atoms with E-state index in [9.17, 15) is 9.59 Å². The number of ether oxygens (including phenoxy) is 1. The molecule has 2 amide bonds. The minimum atomic E-state index is -0.198. The number of nitrogens with one attached hydrogen (secondary N) is 2. The van der Waals surface area contributed by atoms with E-state index in [2.05, 4.69) is 21.7 Å². The molecule has 0 spiro atoms. The Morgan fingerprint density at radius 1 is 1.11 bits per heavy atom. The zero-order chi connectivity index (χ0) is 20.1. The number of aromatic nitrogens is 1. The van der Waals surface area contributed by atoms with Gasteiger partial charge in [-0.1, -0.05) is 18.9 Å². The summed E-state index contributed by atoms with van der Waals surface area (Å²) < 4.78 is 5.83. The minimum Gasteiger partial charge on any atom is -0.486 e. The molecule has 2 atom stereocenters. The Labute approximate surface area is 169 Å². The van der Waals surface area contributed by atoms with E-state index in [0.717, 1.165) is 47.6 Å². The van der Waals surface area contributed by atoms with E-state index in [4.69, 9.17) is 4.74 Å². The average molecular weight is 402 g/mol. The quantitative estimate of drug-likeness (QED) is 0.776. The van der Waals surface area contributed by atoms with Gasteiger partial charge in [-0.2, -0.15) is 0 Å². The molecule has 0 bridgehead atoms. The van der Waals surface area contributed by atoms with E-state index in [-0.39, 0.29) is 23.9 Å². The Bertz CT molecular complexity index is 829. The molecule has 1 aromatic heterocycles. The van der Waals surface area contributed by atoms with E-state index in [0.29, 0.717) is 12.3 Å². The molecule has 150 valence electrons. The molecule has 0 saturated heterocycles. The molecular formula is C21H27N3O3S. The molecule has 6 nitrogen and oxygen atoms in total. The molecule has 3 rings (SSSR count). The summed E-state index contributed by atoms with van der Waals surface area (Å²) in [6.45, 7) is 5.91. The van der Waals surface area contributed by atoms with Gasteiger partial charge in [0.2, 0.25) is 5.91 Å².